The third kappa shape index (κ3) is 1.81. The molecule has 0 atom stereocenters. The molecule has 0 amide bonds. The molecule has 14 heavy (non-hydrogen) atoms. The minimum atomic E-state index is -1.15. The summed E-state index contributed by atoms with van der Waals surface area (Å²) in [6.07, 6.45) is 0. The smallest absolute Gasteiger partial charge is 0.201 e. The Morgan fingerprint density at radius 3 is 2.57 bits per heavy atom. The van der Waals surface area contributed by atoms with Crippen LogP contribution in [0.1, 0.15) is 12.5 Å². The Labute approximate surface area is 80.0 Å². The van der Waals surface area contributed by atoms with Crippen LogP contribution >= 0.6 is 0 Å². The van der Waals surface area contributed by atoms with Gasteiger partial charge in [0.15, 0.2) is 11.6 Å². The van der Waals surface area contributed by atoms with Crippen molar-refractivity contribution in [3.63, 3.8) is 0 Å². The topological polar surface area (TPSA) is 59.1 Å². The van der Waals surface area contributed by atoms with Crippen LogP contribution in [0.2, 0.25) is 0 Å². The average molecular weight is 200 g/mol. The molecule has 0 spiro atoms. The number of hydrogen-bond donors (Lipinski definition) is 2. The maximum absolute atomic E-state index is 13.2. The molecule has 0 radical (unpaired) electrons. The maximum Gasteiger partial charge on any atom is 0.201 e. The highest BCUT2D eigenvalue weighted by molar-refractivity contribution is 5.95. The van der Waals surface area contributed by atoms with Crippen LogP contribution < -0.4 is 10.5 Å². The van der Waals surface area contributed by atoms with Crippen LogP contribution in [0.4, 0.5) is 8.78 Å². The van der Waals surface area contributed by atoms with Gasteiger partial charge in [-0.3, -0.25) is 5.41 Å². The number of hydrogen-bond acceptors (Lipinski definition) is 2. The first-order chi connectivity index (χ1) is 6.57. The van der Waals surface area contributed by atoms with Crippen molar-refractivity contribution in [2.24, 2.45) is 5.73 Å². The minimum absolute atomic E-state index is 0.171. The molecule has 0 aliphatic heterocycles. The van der Waals surface area contributed by atoms with Crippen LogP contribution in [0.25, 0.3) is 0 Å². The molecule has 1 aromatic rings. The molecular formula is C9H10F2N2O. The van der Waals surface area contributed by atoms with E-state index in [0.29, 0.717) is 0 Å². The summed E-state index contributed by atoms with van der Waals surface area (Å²) in [5.41, 5.74) is 4.78. The predicted octanol–water partition coefficient (Wildman–Crippen LogP) is 1.65. The summed E-state index contributed by atoms with van der Waals surface area (Å²) in [5, 5.41) is 6.98. The summed E-state index contributed by atoms with van der Waals surface area (Å²) in [4.78, 5) is 0. The molecule has 0 unspecified atom stereocenters. The Kier molecular flexibility index (Phi) is 3.01. The Bertz CT molecular complexity index is 366. The molecule has 0 aliphatic carbocycles. The van der Waals surface area contributed by atoms with Gasteiger partial charge in [0.1, 0.15) is 5.84 Å². The van der Waals surface area contributed by atoms with Crippen molar-refractivity contribution < 1.29 is 13.5 Å². The lowest BCUT2D eigenvalue weighted by Crippen LogP contribution is -2.14. The second-order valence-corrected chi connectivity index (χ2v) is 2.59. The quantitative estimate of drug-likeness (QED) is 0.575. The van der Waals surface area contributed by atoms with Crippen molar-refractivity contribution in [1.82, 2.24) is 0 Å². The second-order valence-electron chi connectivity index (χ2n) is 2.59. The first kappa shape index (κ1) is 10.4. The van der Waals surface area contributed by atoms with Gasteiger partial charge in [-0.15, -0.1) is 0 Å². The van der Waals surface area contributed by atoms with Gasteiger partial charge in [0.05, 0.1) is 12.2 Å². The van der Waals surface area contributed by atoms with Gasteiger partial charge in [-0.05, 0) is 19.1 Å². The third-order valence-corrected chi connectivity index (χ3v) is 1.64. The van der Waals surface area contributed by atoms with E-state index in [2.05, 4.69) is 0 Å². The molecular weight excluding hydrogens is 190 g/mol. The van der Waals surface area contributed by atoms with Crippen molar-refractivity contribution >= 4 is 5.84 Å². The van der Waals surface area contributed by atoms with E-state index in [-0.39, 0.29) is 17.9 Å². The summed E-state index contributed by atoms with van der Waals surface area (Å²) in [6, 6.07) is 2.46. The zero-order valence-corrected chi connectivity index (χ0v) is 7.60. The van der Waals surface area contributed by atoms with Gasteiger partial charge >= 0.3 is 0 Å². The first-order valence-corrected chi connectivity index (χ1v) is 4.03. The van der Waals surface area contributed by atoms with Crippen LogP contribution in [0.3, 0.4) is 0 Å². The highest BCUT2D eigenvalue weighted by atomic mass is 19.2. The second kappa shape index (κ2) is 4.04. The molecule has 0 bridgehead atoms. The summed E-state index contributed by atoms with van der Waals surface area (Å²) in [5.74, 6) is -2.94. The minimum Gasteiger partial charge on any atom is -0.491 e. The van der Waals surface area contributed by atoms with Gasteiger partial charge in [-0.25, -0.2) is 4.39 Å². The lowest BCUT2D eigenvalue weighted by Gasteiger charge is -2.07. The average Bonchev–Trinajstić information content (AvgIpc) is 2.13. The molecule has 76 valence electrons. The molecule has 0 fully saturated rings. The SMILES string of the molecule is CCOc1ccc(C(=N)N)c(F)c1F. The lowest BCUT2D eigenvalue weighted by atomic mass is 10.2. The Hall–Kier alpha value is -1.65. The zero-order chi connectivity index (χ0) is 10.7. The van der Waals surface area contributed by atoms with Crippen molar-refractivity contribution in [3.05, 3.63) is 29.3 Å². The number of amidine groups is 1. The molecule has 0 aromatic heterocycles. The van der Waals surface area contributed by atoms with E-state index in [1.165, 1.54) is 12.1 Å². The van der Waals surface area contributed by atoms with E-state index in [9.17, 15) is 8.78 Å². The normalized spacial score (nSPS) is 9.93. The molecule has 1 aromatic carbocycles. The highest BCUT2D eigenvalue weighted by Crippen LogP contribution is 2.22. The van der Waals surface area contributed by atoms with Crippen molar-refractivity contribution in [2.75, 3.05) is 6.61 Å². The Morgan fingerprint density at radius 1 is 1.43 bits per heavy atom. The van der Waals surface area contributed by atoms with Crippen LogP contribution in [-0.2, 0) is 0 Å². The van der Waals surface area contributed by atoms with Crippen LogP contribution in [0, 0.1) is 17.0 Å². The fourth-order valence-corrected chi connectivity index (χ4v) is 1.01. The number of nitrogens with two attached hydrogens (primary N) is 1. The molecule has 3 N–H and O–H groups in total. The summed E-state index contributed by atoms with van der Waals surface area (Å²) in [6.45, 7) is 1.91. The first-order valence-electron chi connectivity index (χ1n) is 4.03. The third-order valence-electron chi connectivity index (χ3n) is 1.64. The number of halogens is 2. The van der Waals surface area contributed by atoms with Gasteiger partial charge in [-0.1, -0.05) is 0 Å². The van der Waals surface area contributed by atoms with Crippen molar-refractivity contribution in [2.45, 2.75) is 6.92 Å². The van der Waals surface area contributed by atoms with E-state index >= 15 is 0 Å². The van der Waals surface area contributed by atoms with E-state index in [0.717, 1.165) is 0 Å². The fraction of sp³-hybridized carbons (Fsp3) is 0.222. The van der Waals surface area contributed by atoms with Crippen LogP contribution in [-0.4, -0.2) is 12.4 Å². The summed E-state index contributed by atoms with van der Waals surface area (Å²) >= 11 is 0. The van der Waals surface area contributed by atoms with E-state index in [1.54, 1.807) is 6.92 Å². The number of benzene rings is 1. The predicted molar refractivity (Wildman–Crippen MR) is 48.5 cm³/mol. The molecule has 0 aliphatic rings. The zero-order valence-electron chi connectivity index (χ0n) is 7.60. The largest absolute Gasteiger partial charge is 0.491 e. The van der Waals surface area contributed by atoms with Crippen molar-refractivity contribution in [3.8, 4) is 5.75 Å². The van der Waals surface area contributed by atoms with Gasteiger partial charge in [0.25, 0.3) is 0 Å². The Morgan fingerprint density at radius 2 is 2.07 bits per heavy atom. The van der Waals surface area contributed by atoms with Crippen molar-refractivity contribution in [1.29, 1.82) is 5.41 Å². The Balaban J connectivity index is 3.19. The molecule has 3 nitrogen and oxygen atoms in total. The van der Waals surface area contributed by atoms with E-state index in [1.807, 2.05) is 0 Å². The molecule has 1 rings (SSSR count). The van der Waals surface area contributed by atoms with E-state index in [4.69, 9.17) is 15.9 Å². The number of nitrogens with one attached hydrogen (secondary N) is 1. The highest BCUT2D eigenvalue weighted by Gasteiger charge is 2.15. The number of nitrogen functional groups attached to an aromatic ring is 1. The fourth-order valence-electron chi connectivity index (χ4n) is 1.01. The maximum atomic E-state index is 13.2. The van der Waals surface area contributed by atoms with Gasteiger partial charge in [0, 0.05) is 0 Å². The van der Waals surface area contributed by atoms with E-state index < -0.39 is 17.5 Å². The monoisotopic (exact) mass is 200 g/mol. The standard InChI is InChI=1S/C9H10F2N2O/c1-2-14-6-4-3-5(9(12)13)7(10)8(6)11/h3-4H,2H2,1H3,(H3,12,13). The molecule has 0 saturated heterocycles. The molecule has 0 saturated carbocycles. The lowest BCUT2D eigenvalue weighted by molar-refractivity contribution is 0.314. The summed E-state index contributed by atoms with van der Waals surface area (Å²) in [7, 11) is 0. The van der Waals surface area contributed by atoms with Gasteiger partial charge < -0.3 is 10.5 Å². The summed E-state index contributed by atoms with van der Waals surface area (Å²) < 4.78 is 31.1. The van der Waals surface area contributed by atoms with Crippen LogP contribution in [0.15, 0.2) is 12.1 Å². The number of rotatable bonds is 3. The number of ether oxygens (including phenoxy) is 1. The van der Waals surface area contributed by atoms with Crippen LogP contribution in [0.5, 0.6) is 5.75 Å². The molecule has 5 heteroatoms. The van der Waals surface area contributed by atoms with Gasteiger partial charge in [-0.2, -0.15) is 4.39 Å². The van der Waals surface area contributed by atoms with Gasteiger partial charge in [0.2, 0.25) is 5.82 Å². The molecule has 0 heterocycles.